The molecule has 0 spiro atoms. The van der Waals surface area contributed by atoms with Gasteiger partial charge in [-0.15, -0.1) is 0 Å². The molecule has 1 fully saturated rings. The van der Waals surface area contributed by atoms with Gasteiger partial charge in [0.25, 0.3) is 0 Å². The van der Waals surface area contributed by atoms with Gasteiger partial charge in [0.2, 0.25) is 5.91 Å². The zero-order valence-corrected chi connectivity index (χ0v) is 12.2. The van der Waals surface area contributed by atoms with Crippen LogP contribution in [-0.2, 0) is 11.3 Å². The Labute approximate surface area is 119 Å². The van der Waals surface area contributed by atoms with Gasteiger partial charge in [-0.25, -0.2) is 0 Å². The molecule has 110 valence electrons. The topological polar surface area (TPSA) is 58.4 Å². The predicted molar refractivity (Wildman–Crippen MR) is 77.9 cm³/mol. The Kier molecular flexibility index (Phi) is 4.95. The van der Waals surface area contributed by atoms with Crippen molar-refractivity contribution in [1.29, 1.82) is 0 Å². The largest absolute Gasteiger partial charge is 0.396 e. The molecule has 2 heterocycles. The Morgan fingerprint density at radius 1 is 1.55 bits per heavy atom. The van der Waals surface area contributed by atoms with Crippen LogP contribution in [0.15, 0.2) is 18.3 Å². The molecule has 0 aromatic carbocycles. The third-order valence-electron chi connectivity index (χ3n) is 3.97. The van der Waals surface area contributed by atoms with Crippen LogP contribution in [0, 0.1) is 5.92 Å². The highest BCUT2D eigenvalue weighted by molar-refractivity contribution is 5.91. The number of carbonyl (C=O) groups is 1. The summed E-state index contributed by atoms with van der Waals surface area (Å²) < 4.78 is 1.85. The third-order valence-corrected chi connectivity index (χ3v) is 3.97. The Balaban J connectivity index is 2.03. The van der Waals surface area contributed by atoms with Gasteiger partial charge in [0.05, 0.1) is 5.69 Å². The average Bonchev–Trinajstić information content (AvgIpc) is 2.92. The fourth-order valence-corrected chi connectivity index (χ4v) is 2.64. The van der Waals surface area contributed by atoms with Crippen LogP contribution in [0.4, 0.5) is 0 Å². The predicted octanol–water partition coefficient (Wildman–Crippen LogP) is 1.54. The van der Waals surface area contributed by atoms with E-state index >= 15 is 0 Å². The number of piperidine rings is 1. The SMILES string of the molecule is CCn1nccc1/C=C/C(=O)N1CC(CO)CCC1C. The maximum Gasteiger partial charge on any atom is 0.246 e. The first-order chi connectivity index (χ1) is 9.65. The van der Waals surface area contributed by atoms with Crippen molar-refractivity contribution in [1.82, 2.24) is 14.7 Å². The second-order valence-corrected chi connectivity index (χ2v) is 5.37. The van der Waals surface area contributed by atoms with Crippen LogP contribution in [0.25, 0.3) is 6.08 Å². The van der Waals surface area contributed by atoms with E-state index in [0.29, 0.717) is 6.54 Å². The van der Waals surface area contributed by atoms with Crippen LogP contribution in [0.3, 0.4) is 0 Å². The van der Waals surface area contributed by atoms with Gasteiger partial charge in [0.1, 0.15) is 0 Å². The van der Waals surface area contributed by atoms with Gasteiger partial charge in [-0.05, 0) is 44.7 Å². The number of likely N-dealkylation sites (tertiary alicyclic amines) is 1. The summed E-state index contributed by atoms with van der Waals surface area (Å²) in [5, 5.41) is 13.4. The maximum atomic E-state index is 12.3. The molecule has 2 atom stereocenters. The monoisotopic (exact) mass is 277 g/mol. The number of aromatic nitrogens is 2. The molecule has 0 saturated carbocycles. The van der Waals surface area contributed by atoms with E-state index in [1.807, 2.05) is 28.6 Å². The van der Waals surface area contributed by atoms with Gasteiger partial charge < -0.3 is 10.0 Å². The molecule has 20 heavy (non-hydrogen) atoms. The Morgan fingerprint density at radius 2 is 2.35 bits per heavy atom. The molecule has 2 rings (SSSR count). The van der Waals surface area contributed by atoms with Crippen molar-refractivity contribution in [3.05, 3.63) is 24.0 Å². The number of hydrogen-bond donors (Lipinski definition) is 1. The van der Waals surface area contributed by atoms with Gasteiger partial charge in [0, 0.05) is 38.0 Å². The molecule has 1 saturated heterocycles. The fraction of sp³-hybridized carbons (Fsp3) is 0.600. The Morgan fingerprint density at radius 3 is 3.05 bits per heavy atom. The number of nitrogens with zero attached hydrogens (tertiary/aromatic N) is 3. The van der Waals surface area contributed by atoms with Crippen LogP contribution < -0.4 is 0 Å². The zero-order chi connectivity index (χ0) is 14.5. The lowest BCUT2D eigenvalue weighted by atomic mass is 9.94. The summed E-state index contributed by atoms with van der Waals surface area (Å²) in [6, 6.07) is 2.13. The number of amides is 1. The standard InChI is InChI=1S/C15H23N3O2/c1-3-18-14(8-9-16-18)6-7-15(20)17-10-13(11-19)5-4-12(17)2/h6-9,12-13,19H,3-5,10-11H2,1-2H3/b7-6+. The minimum atomic E-state index is 0.0134. The molecule has 0 aliphatic carbocycles. The molecule has 1 aromatic heterocycles. The maximum absolute atomic E-state index is 12.3. The smallest absolute Gasteiger partial charge is 0.246 e. The number of rotatable bonds is 4. The minimum absolute atomic E-state index is 0.0134. The second-order valence-electron chi connectivity index (χ2n) is 5.37. The van der Waals surface area contributed by atoms with Gasteiger partial charge in [-0.1, -0.05) is 0 Å². The highest BCUT2D eigenvalue weighted by Gasteiger charge is 2.27. The van der Waals surface area contributed by atoms with Crippen LogP contribution in [-0.4, -0.2) is 44.9 Å². The van der Waals surface area contributed by atoms with E-state index in [2.05, 4.69) is 12.0 Å². The average molecular weight is 277 g/mol. The van der Waals surface area contributed by atoms with Gasteiger partial charge in [-0.3, -0.25) is 9.48 Å². The lowest BCUT2D eigenvalue weighted by molar-refractivity contribution is -0.130. The molecule has 0 radical (unpaired) electrons. The van der Waals surface area contributed by atoms with Crippen LogP contribution >= 0.6 is 0 Å². The van der Waals surface area contributed by atoms with Crippen molar-refractivity contribution in [3.63, 3.8) is 0 Å². The van der Waals surface area contributed by atoms with E-state index in [9.17, 15) is 9.90 Å². The third kappa shape index (κ3) is 3.28. The molecular formula is C15H23N3O2. The fourth-order valence-electron chi connectivity index (χ4n) is 2.64. The molecule has 5 nitrogen and oxygen atoms in total. The molecule has 1 aliphatic heterocycles. The molecular weight excluding hydrogens is 254 g/mol. The molecule has 1 N–H and O–H groups in total. The van der Waals surface area contributed by atoms with E-state index in [-0.39, 0.29) is 24.5 Å². The number of hydrogen-bond acceptors (Lipinski definition) is 3. The number of carbonyl (C=O) groups excluding carboxylic acids is 1. The summed E-state index contributed by atoms with van der Waals surface area (Å²) >= 11 is 0. The van der Waals surface area contributed by atoms with E-state index in [4.69, 9.17) is 0 Å². The van der Waals surface area contributed by atoms with Crippen LogP contribution in [0.2, 0.25) is 0 Å². The molecule has 2 unspecified atom stereocenters. The molecule has 1 aliphatic rings. The zero-order valence-electron chi connectivity index (χ0n) is 12.2. The van der Waals surface area contributed by atoms with E-state index < -0.39 is 0 Å². The molecule has 1 amide bonds. The molecule has 5 heteroatoms. The summed E-state index contributed by atoms with van der Waals surface area (Å²) in [7, 11) is 0. The van der Waals surface area contributed by atoms with Crippen molar-refractivity contribution in [2.24, 2.45) is 5.92 Å². The van der Waals surface area contributed by atoms with Crippen molar-refractivity contribution in [3.8, 4) is 0 Å². The number of aliphatic hydroxyl groups excluding tert-OH is 1. The lowest BCUT2D eigenvalue weighted by Gasteiger charge is -2.36. The first-order valence-corrected chi connectivity index (χ1v) is 7.27. The van der Waals surface area contributed by atoms with Crippen molar-refractivity contribution >= 4 is 12.0 Å². The first-order valence-electron chi connectivity index (χ1n) is 7.27. The summed E-state index contributed by atoms with van der Waals surface area (Å²) in [6.07, 6.45) is 7.11. The van der Waals surface area contributed by atoms with E-state index in [1.165, 1.54) is 0 Å². The molecule has 0 bridgehead atoms. The Hall–Kier alpha value is -1.62. The van der Waals surface area contributed by atoms with Crippen LogP contribution in [0.5, 0.6) is 0 Å². The Bertz CT molecular complexity index is 481. The lowest BCUT2D eigenvalue weighted by Crippen LogP contribution is -2.45. The van der Waals surface area contributed by atoms with Gasteiger partial charge in [-0.2, -0.15) is 5.10 Å². The normalized spacial score (nSPS) is 23.4. The summed E-state index contributed by atoms with van der Waals surface area (Å²) in [5.41, 5.74) is 0.934. The van der Waals surface area contributed by atoms with Crippen molar-refractivity contribution in [2.45, 2.75) is 39.3 Å². The quantitative estimate of drug-likeness (QED) is 0.849. The second kappa shape index (κ2) is 6.70. The van der Waals surface area contributed by atoms with Crippen molar-refractivity contribution < 1.29 is 9.90 Å². The van der Waals surface area contributed by atoms with E-state index in [1.54, 1.807) is 12.3 Å². The number of aryl methyl sites for hydroxylation is 1. The van der Waals surface area contributed by atoms with E-state index in [0.717, 1.165) is 25.1 Å². The summed E-state index contributed by atoms with van der Waals surface area (Å²) in [4.78, 5) is 14.1. The minimum Gasteiger partial charge on any atom is -0.396 e. The summed E-state index contributed by atoms with van der Waals surface area (Å²) in [5.74, 6) is 0.226. The van der Waals surface area contributed by atoms with Crippen molar-refractivity contribution in [2.75, 3.05) is 13.2 Å². The first kappa shape index (κ1) is 14.8. The molecule has 1 aromatic rings. The highest BCUT2D eigenvalue weighted by atomic mass is 16.3. The number of aliphatic hydroxyl groups is 1. The highest BCUT2D eigenvalue weighted by Crippen LogP contribution is 2.21. The van der Waals surface area contributed by atoms with Gasteiger partial charge in [0.15, 0.2) is 0 Å². The van der Waals surface area contributed by atoms with Crippen LogP contribution in [0.1, 0.15) is 32.4 Å². The summed E-state index contributed by atoms with van der Waals surface area (Å²) in [6.45, 7) is 5.67. The van der Waals surface area contributed by atoms with Gasteiger partial charge >= 0.3 is 0 Å².